The summed E-state index contributed by atoms with van der Waals surface area (Å²) in [6.45, 7) is 4.10. The second-order valence-corrected chi connectivity index (χ2v) is 5.04. The van der Waals surface area contributed by atoms with Crippen LogP contribution < -0.4 is 5.73 Å². The Kier molecular flexibility index (Phi) is 5.34. The summed E-state index contributed by atoms with van der Waals surface area (Å²) in [6, 6.07) is 4.19. The fourth-order valence-corrected chi connectivity index (χ4v) is 2.09. The summed E-state index contributed by atoms with van der Waals surface area (Å²) in [7, 11) is 0. The Hall–Kier alpha value is -0.670. The monoisotopic (exact) mass is 261 g/mol. The van der Waals surface area contributed by atoms with Gasteiger partial charge in [-0.05, 0) is 36.2 Å². The van der Waals surface area contributed by atoms with Crippen molar-refractivity contribution in [2.45, 2.75) is 26.4 Å². The maximum absolute atomic E-state index is 14.0. The zero-order chi connectivity index (χ0) is 13.0. The van der Waals surface area contributed by atoms with Gasteiger partial charge in [0.25, 0.3) is 0 Å². The van der Waals surface area contributed by atoms with Gasteiger partial charge >= 0.3 is 0 Å². The highest BCUT2D eigenvalue weighted by Crippen LogP contribution is 2.23. The molecule has 0 heterocycles. The van der Waals surface area contributed by atoms with Gasteiger partial charge in [0.05, 0.1) is 0 Å². The van der Waals surface area contributed by atoms with E-state index in [-0.39, 0.29) is 24.8 Å². The van der Waals surface area contributed by atoms with Crippen molar-refractivity contribution in [2.24, 2.45) is 17.6 Å². The average molecular weight is 262 g/mol. The molecule has 2 N–H and O–H groups in total. The number of alkyl halides is 1. The Morgan fingerprint density at radius 1 is 1.35 bits per heavy atom. The van der Waals surface area contributed by atoms with Crippen molar-refractivity contribution in [3.05, 3.63) is 34.6 Å². The molecule has 0 radical (unpaired) electrons. The fourth-order valence-electron chi connectivity index (χ4n) is 1.90. The standard InChI is InChI=1S/C13H18ClF2N/c1-8(2)11(7-17)13(16)6-9-5-10(14)3-4-12(9)15/h3-5,8,11,13H,6-7,17H2,1-2H3. The van der Waals surface area contributed by atoms with E-state index in [1.54, 1.807) is 0 Å². The van der Waals surface area contributed by atoms with Crippen LogP contribution in [0.2, 0.25) is 5.02 Å². The lowest BCUT2D eigenvalue weighted by atomic mass is 9.88. The molecule has 0 saturated carbocycles. The molecule has 0 saturated heterocycles. The fraction of sp³-hybridized carbons (Fsp3) is 0.538. The van der Waals surface area contributed by atoms with Crippen LogP contribution in [0.1, 0.15) is 19.4 Å². The van der Waals surface area contributed by atoms with Crippen LogP contribution in [0.15, 0.2) is 18.2 Å². The normalized spacial score (nSPS) is 15.0. The van der Waals surface area contributed by atoms with Crippen molar-refractivity contribution in [2.75, 3.05) is 6.54 Å². The van der Waals surface area contributed by atoms with Crippen LogP contribution in [0.5, 0.6) is 0 Å². The summed E-state index contributed by atoms with van der Waals surface area (Å²) < 4.78 is 27.5. The molecule has 17 heavy (non-hydrogen) atoms. The van der Waals surface area contributed by atoms with Crippen LogP contribution in [-0.4, -0.2) is 12.7 Å². The third-order valence-electron chi connectivity index (χ3n) is 3.02. The van der Waals surface area contributed by atoms with Gasteiger partial charge in [-0.15, -0.1) is 0 Å². The van der Waals surface area contributed by atoms with Crippen LogP contribution in [0.25, 0.3) is 0 Å². The minimum Gasteiger partial charge on any atom is -0.330 e. The maximum atomic E-state index is 14.0. The Labute approximate surface area is 106 Å². The highest BCUT2D eigenvalue weighted by atomic mass is 35.5. The number of halogens is 3. The molecule has 0 amide bonds. The van der Waals surface area contributed by atoms with E-state index in [1.807, 2.05) is 13.8 Å². The summed E-state index contributed by atoms with van der Waals surface area (Å²) in [4.78, 5) is 0. The zero-order valence-electron chi connectivity index (χ0n) is 10.1. The minimum atomic E-state index is -1.15. The van der Waals surface area contributed by atoms with Crippen LogP contribution in [0, 0.1) is 17.7 Å². The first-order valence-corrected chi connectivity index (χ1v) is 6.11. The Morgan fingerprint density at radius 3 is 2.53 bits per heavy atom. The predicted octanol–water partition coefficient (Wildman–Crippen LogP) is 3.59. The molecule has 0 bridgehead atoms. The van der Waals surface area contributed by atoms with Crippen LogP contribution >= 0.6 is 11.6 Å². The van der Waals surface area contributed by atoms with Gasteiger partial charge < -0.3 is 5.73 Å². The topological polar surface area (TPSA) is 26.0 Å². The third kappa shape index (κ3) is 3.93. The number of hydrogen-bond donors (Lipinski definition) is 1. The van der Waals surface area contributed by atoms with E-state index in [4.69, 9.17) is 17.3 Å². The summed E-state index contributed by atoms with van der Waals surface area (Å²) >= 11 is 5.76. The predicted molar refractivity (Wildman–Crippen MR) is 67.4 cm³/mol. The second-order valence-electron chi connectivity index (χ2n) is 4.60. The molecule has 1 aromatic carbocycles. The van der Waals surface area contributed by atoms with Gasteiger partial charge in [-0.1, -0.05) is 25.4 Å². The van der Waals surface area contributed by atoms with Crippen molar-refractivity contribution < 1.29 is 8.78 Å². The average Bonchev–Trinajstić information content (AvgIpc) is 2.24. The molecule has 0 fully saturated rings. The summed E-state index contributed by atoms with van der Waals surface area (Å²) in [5, 5.41) is 0.419. The molecule has 0 aliphatic carbocycles. The molecule has 1 rings (SSSR count). The van der Waals surface area contributed by atoms with Gasteiger partial charge in [0, 0.05) is 17.4 Å². The van der Waals surface area contributed by atoms with E-state index in [1.165, 1.54) is 18.2 Å². The largest absolute Gasteiger partial charge is 0.330 e. The van der Waals surface area contributed by atoms with Crippen molar-refractivity contribution in [1.82, 2.24) is 0 Å². The van der Waals surface area contributed by atoms with E-state index in [0.717, 1.165) is 0 Å². The minimum absolute atomic E-state index is 0.0203. The summed E-state index contributed by atoms with van der Waals surface area (Å²) in [6.07, 6.45) is -1.13. The van der Waals surface area contributed by atoms with Crippen LogP contribution in [0.3, 0.4) is 0 Å². The molecule has 2 atom stereocenters. The molecule has 2 unspecified atom stereocenters. The lowest BCUT2D eigenvalue weighted by Crippen LogP contribution is -2.31. The quantitative estimate of drug-likeness (QED) is 0.861. The first-order valence-electron chi connectivity index (χ1n) is 5.73. The molecule has 0 aliphatic heterocycles. The van der Waals surface area contributed by atoms with Gasteiger partial charge in [-0.2, -0.15) is 0 Å². The highest BCUT2D eigenvalue weighted by molar-refractivity contribution is 6.30. The molecular formula is C13H18ClF2N. The second kappa shape index (κ2) is 6.31. The molecule has 96 valence electrons. The number of rotatable bonds is 5. The molecule has 1 aromatic rings. The molecule has 0 spiro atoms. The van der Waals surface area contributed by atoms with Gasteiger partial charge in [-0.25, -0.2) is 8.78 Å². The van der Waals surface area contributed by atoms with Crippen molar-refractivity contribution >= 4 is 11.6 Å². The maximum Gasteiger partial charge on any atom is 0.126 e. The molecule has 0 aromatic heterocycles. The van der Waals surface area contributed by atoms with Crippen LogP contribution in [0.4, 0.5) is 8.78 Å². The SMILES string of the molecule is CC(C)C(CN)C(F)Cc1cc(Cl)ccc1F. The van der Waals surface area contributed by atoms with E-state index >= 15 is 0 Å². The Bertz CT molecular complexity index is 368. The van der Waals surface area contributed by atoms with E-state index < -0.39 is 12.0 Å². The molecular weight excluding hydrogens is 244 g/mol. The van der Waals surface area contributed by atoms with Crippen molar-refractivity contribution in [3.8, 4) is 0 Å². The van der Waals surface area contributed by atoms with Crippen molar-refractivity contribution in [3.63, 3.8) is 0 Å². The van der Waals surface area contributed by atoms with Crippen LogP contribution in [-0.2, 0) is 6.42 Å². The van der Waals surface area contributed by atoms with E-state index in [9.17, 15) is 8.78 Å². The number of hydrogen-bond acceptors (Lipinski definition) is 1. The first-order chi connectivity index (χ1) is 7.95. The third-order valence-corrected chi connectivity index (χ3v) is 3.25. The molecule has 0 aliphatic rings. The zero-order valence-corrected chi connectivity index (χ0v) is 10.8. The Morgan fingerprint density at radius 2 is 2.00 bits per heavy atom. The van der Waals surface area contributed by atoms with Gasteiger partial charge in [0.2, 0.25) is 0 Å². The lowest BCUT2D eigenvalue weighted by molar-refractivity contribution is 0.184. The van der Waals surface area contributed by atoms with Gasteiger partial charge in [0.1, 0.15) is 12.0 Å². The number of nitrogens with two attached hydrogens (primary N) is 1. The van der Waals surface area contributed by atoms with E-state index in [0.29, 0.717) is 10.6 Å². The summed E-state index contributed by atoms with van der Waals surface area (Å²) in [5.74, 6) is -0.540. The molecule has 1 nitrogen and oxygen atoms in total. The van der Waals surface area contributed by atoms with Crippen molar-refractivity contribution in [1.29, 1.82) is 0 Å². The lowest BCUT2D eigenvalue weighted by Gasteiger charge is -2.23. The number of benzene rings is 1. The smallest absolute Gasteiger partial charge is 0.126 e. The first kappa shape index (κ1) is 14.4. The highest BCUT2D eigenvalue weighted by Gasteiger charge is 2.24. The van der Waals surface area contributed by atoms with Gasteiger partial charge in [-0.3, -0.25) is 0 Å². The Balaban J connectivity index is 2.79. The van der Waals surface area contributed by atoms with E-state index in [2.05, 4.69) is 0 Å². The summed E-state index contributed by atoms with van der Waals surface area (Å²) in [5.41, 5.74) is 5.85. The molecule has 4 heteroatoms. The van der Waals surface area contributed by atoms with Gasteiger partial charge in [0.15, 0.2) is 0 Å².